The molecule has 1 N–H and O–H groups in total. The van der Waals surface area contributed by atoms with Crippen molar-refractivity contribution in [2.75, 3.05) is 11.9 Å². The van der Waals surface area contributed by atoms with Gasteiger partial charge < -0.3 is 10.1 Å². The molecule has 0 saturated heterocycles. The summed E-state index contributed by atoms with van der Waals surface area (Å²) in [6.07, 6.45) is 0. The SMILES string of the molecule is CCOC(=O)c1c(-c2ccc(F)cc2)csc1NC(=O)c1cc(-c2ccccc2)nc2ccccc12. The zero-order valence-corrected chi connectivity index (χ0v) is 20.1. The van der Waals surface area contributed by atoms with Gasteiger partial charge in [0, 0.05) is 21.9 Å². The van der Waals surface area contributed by atoms with E-state index >= 15 is 0 Å². The second kappa shape index (κ2) is 10.1. The van der Waals surface area contributed by atoms with E-state index in [0.717, 1.165) is 5.56 Å². The van der Waals surface area contributed by atoms with E-state index in [4.69, 9.17) is 9.72 Å². The molecule has 0 fully saturated rings. The standard InChI is InChI=1S/C29H21FN2O3S/c1-2-35-29(34)26-23(18-12-14-20(30)15-13-18)17-36-28(26)32-27(33)22-16-25(19-8-4-3-5-9-19)31-24-11-7-6-10-21(22)24/h3-17H,2H2,1H3,(H,32,33). The number of nitrogens with zero attached hydrogens (tertiary/aromatic N) is 1. The minimum absolute atomic E-state index is 0.181. The first-order valence-corrected chi connectivity index (χ1v) is 12.2. The molecule has 2 heterocycles. The van der Waals surface area contributed by atoms with Gasteiger partial charge in [0.05, 0.1) is 23.4 Å². The van der Waals surface area contributed by atoms with Crippen molar-refractivity contribution in [2.24, 2.45) is 0 Å². The smallest absolute Gasteiger partial charge is 0.341 e. The lowest BCUT2D eigenvalue weighted by Gasteiger charge is -2.12. The van der Waals surface area contributed by atoms with E-state index in [1.54, 1.807) is 30.5 Å². The topological polar surface area (TPSA) is 68.3 Å². The molecule has 3 aromatic carbocycles. The normalized spacial score (nSPS) is 10.8. The maximum absolute atomic E-state index is 13.6. The zero-order valence-electron chi connectivity index (χ0n) is 19.3. The fourth-order valence-corrected chi connectivity index (χ4v) is 4.94. The number of rotatable bonds is 6. The number of nitrogens with one attached hydrogen (secondary N) is 1. The molecule has 0 aliphatic rings. The number of pyridine rings is 1. The Kier molecular flexibility index (Phi) is 6.56. The maximum atomic E-state index is 13.6. The molecule has 36 heavy (non-hydrogen) atoms. The second-order valence-electron chi connectivity index (χ2n) is 7.97. The highest BCUT2D eigenvalue weighted by atomic mass is 32.1. The maximum Gasteiger partial charge on any atom is 0.341 e. The summed E-state index contributed by atoms with van der Waals surface area (Å²) < 4.78 is 18.8. The number of carbonyl (C=O) groups excluding carboxylic acids is 2. The highest BCUT2D eigenvalue weighted by Crippen LogP contribution is 2.37. The highest BCUT2D eigenvalue weighted by Gasteiger charge is 2.24. The molecule has 178 valence electrons. The second-order valence-corrected chi connectivity index (χ2v) is 8.85. The number of amides is 1. The van der Waals surface area contributed by atoms with Crippen LogP contribution in [-0.4, -0.2) is 23.5 Å². The van der Waals surface area contributed by atoms with Crippen molar-refractivity contribution in [1.29, 1.82) is 0 Å². The number of halogens is 1. The minimum Gasteiger partial charge on any atom is -0.462 e. The molecule has 5 nitrogen and oxygen atoms in total. The number of aromatic nitrogens is 1. The fraction of sp³-hybridized carbons (Fsp3) is 0.0690. The van der Waals surface area contributed by atoms with Crippen LogP contribution in [0.3, 0.4) is 0 Å². The van der Waals surface area contributed by atoms with Crippen LogP contribution in [0.15, 0.2) is 90.3 Å². The van der Waals surface area contributed by atoms with E-state index in [-0.39, 0.29) is 23.9 Å². The van der Waals surface area contributed by atoms with Crippen LogP contribution in [0.2, 0.25) is 0 Å². The highest BCUT2D eigenvalue weighted by molar-refractivity contribution is 7.15. The summed E-state index contributed by atoms with van der Waals surface area (Å²) in [7, 11) is 0. The average molecular weight is 497 g/mol. The van der Waals surface area contributed by atoms with Gasteiger partial charge in [0.2, 0.25) is 0 Å². The Bertz CT molecular complexity index is 1560. The number of carbonyl (C=O) groups is 2. The van der Waals surface area contributed by atoms with Crippen LogP contribution in [0, 0.1) is 5.82 Å². The van der Waals surface area contributed by atoms with Gasteiger partial charge in [0.15, 0.2) is 0 Å². The van der Waals surface area contributed by atoms with Crippen molar-refractivity contribution < 1.29 is 18.7 Å². The van der Waals surface area contributed by atoms with Gasteiger partial charge in [-0.15, -0.1) is 11.3 Å². The Morgan fingerprint density at radius 3 is 2.42 bits per heavy atom. The molecule has 1 amide bonds. The molecule has 0 aliphatic heterocycles. The molecule has 5 rings (SSSR count). The Hall–Kier alpha value is -4.36. The van der Waals surface area contributed by atoms with E-state index in [1.165, 1.54) is 23.5 Å². The van der Waals surface area contributed by atoms with Crippen LogP contribution in [0.25, 0.3) is 33.3 Å². The number of para-hydroxylation sites is 1. The molecule has 0 saturated carbocycles. The Labute approximate surface area is 211 Å². The molecule has 0 aliphatic carbocycles. The predicted octanol–water partition coefficient (Wildman–Crippen LogP) is 7.20. The lowest BCUT2D eigenvalue weighted by molar-refractivity contribution is 0.0529. The van der Waals surface area contributed by atoms with Crippen LogP contribution in [0.4, 0.5) is 9.39 Å². The molecule has 0 radical (unpaired) electrons. The summed E-state index contributed by atoms with van der Waals surface area (Å²) in [5.74, 6) is -1.30. The van der Waals surface area contributed by atoms with Crippen molar-refractivity contribution in [3.8, 4) is 22.4 Å². The van der Waals surface area contributed by atoms with Gasteiger partial charge in [0.1, 0.15) is 16.4 Å². The number of anilines is 1. The van der Waals surface area contributed by atoms with E-state index < -0.39 is 5.97 Å². The summed E-state index contributed by atoms with van der Waals surface area (Å²) in [6.45, 7) is 1.90. The zero-order chi connectivity index (χ0) is 25.1. The molecule has 7 heteroatoms. The number of ether oxygens (including phenoxy) is 1. The van der Waals surface area contributed by atoms with Crippen LogP contribution in [0.5, 0.6) is 0 Å². The van der Waals surface area contributed by atoms with E-state index in [0.29, 0.717) is 38.3 Å². The first-order valence-electron chi connectivity index (χ1n) is 11.4. The van der Waals surface area contributed by atoms with Crippen molar-refractivity contribution in [2.45, 2.75) is 6.92 Å². The van der Waals surface area contributed by atoms with Gasteiger partial charge in [0.25, 0.3) is 5.91 Å². The molecule has 0 unspecified atom stereocenters. The Morgan fingerprint density at radius 2 is 1.67 bits per heavy atom. The van der Waals surface area contributed by atoms with Gasteiger partial charge in [-0.3, -0.25) is 4.79 Å². The van der Waals surface area contributed by atoms with E-state index in [9.17, 15) is 14.0 Å². The number of hydrogen-bond donors (Lipinski definition) is 1. The Morgan fingerprint density at radius 1 is 0.944 bits per heavy atom. The van der Waals surface area contributed by atoms with Gasteiger partial charge in [-0.2, -0.15) is 0 Å². The summed E-state index contributed by atoms with van der Waals surface area (Å²) in [5.41, 5.74) is 4.14. The van der Waals surface area contributed by atoms with Crippen molar-refractivity contribution >= 4 is 39.1 Å². The first kappa shape index (κ1) is 23.4. The molecule has 5 aromatic rings. The summed E-state index contributed by atoms with van der Waals surface area (Å²) >= 11 is 1.22. The van der Waals surface area contributed by atoms with Crippen molar-refractivity contribution in [3.63, 3.8) is 0 Å². The number of thiophene rings is 1. The average Bonchev–Trinajstić information content (AvgIpc) is 3.32. The van der Waals surface area contributed by atoms with E-state index in [1.807, 2.05) is 54.6 Å². The van der Waals surface area contributed by atoms with Crippen LogP contribution < -0.4 is 5.32 Å². The summed E-state index contributed by atoms with van der Waals surface area (Å²) in [4.78, 5) is 31.2. The lowest BCUT2D eigenvalue weighted by Crippen LogP contribution is -2.15. The molecule has 0 spiro atoms. The molecular formula is C29H21FN2O3S. The molecule has 0 atom stereocenters. The number of benzene rings is 3. The first-order chi connectivity index (χ1) is 17.5. The third-order valence-corrected chi connectivity index (χ3v) is 6.58. The van der Waals surface area contributed by atoms with Crippen molar-refractivity contribution in [1.82, 2.24) is 4.98 Å². The predicted molar refractivity (Wildman–Crippen MR) is 141 cm³/mol. The third kappa shape index (κ3) is 4.61. The van der Waals surface area contributed by atoms with Gasteiger partial charge in [-0.05, 0) is 36.8 Å². The largest absolute Gasteiger partial charge is 0.462 e. The monoisotopic (exact) mass is 496 g/mol. The Balaban J connectivity index is 1.58. The van der Waals surface area contributed by atoms with Crippen LogP contribution in [0.1, 0.15) is 27.6 Å². The third-order valence-electron chi connectivity index (χ3n) is 5.68. The van der Waals surface area contributed by atoms with Crippen LogP contribution in [-0.2, 0) is 4.74 Å². The van der Waals surface area contributed by atoms with Gasteiger partial charge >= 0.3 is 5.97 Å². The minimum atomic E-state index is -0.557. The number of esters is 1. The lowest BCUT2D eigenvalue weighted by atomic mass is 10.0. The fourth-order valence-electron chi connectivity index (χ4n) is 3.99. The quantitative estimate of drug-likeness (QED) is 0.253. The van der Waals surface area contributed by atoms with E-state index in [2.05, 4.69) is 5.32 Å². The van der Waals surface area contributed by atoms with Crippen molar-refractivity contribution in [3.05, 3.63) is 107 Å². The van der Waals surface area contributed by atoms with Crippen LogP contribution >= 0.6 is 11.3 Å². The molecular weight excluding hydrogens is 475 g/mol. The molecule has 0 bridgehead atoms. The number of fused-ring (bicyclic) bond motifs is 1. The summed E-state index contributed by atoms with van der Waals surface area (Å²) in [6, 6.07) is 24.7. The van der Waals surface area contributed by atoms with Gasteiger partial charge in [-0.25, -0.2) is 14.2 Å². The number of hydrogen-bond acceptors (Lipinski definition) is 5. The van der Waals surface area contributed by atoms with Gasteiger partial charge in [-0.1, -0.05) is 60.7 Å². The summed E-state index contributed by atoms with van der Waals surface area (Å²) in [5, 5.41) is 5.73. The molecule has 2 aromatic heterocycles.